The van der Waals surface area contributed by atoms with Crippen LogP contribution in [0.15, 0.2) is 22.7 Å². The molecule has 0 atom stereocenters. The minimum Gasteiger partial charge on any atom is -0.298 e. The third-order valence-electron chi connectivity index (χ3n) is 2.55. The summed E-state index contributed by atoms with van der Waals surface area (Å²) in [6.45, 7) is 3.75. The molecule has 0 aliphatic carbocycles. The predicted octanol–water partition coefficient (Wildman–Crippen LogP) is 3.72. The molecule has 0 bridgehead atoms. The van der Waals surface area contributed by atoms with E-state index in [0.717, 1.165) is 22.0 Å². The number of hydrogen-bond acceptors (Lipinski definition) is 2. The highest BCUT2D eigenvalue weighted by Crippen LogP contribution is 2.24. The van der Waals surface area contributed by atoms with E-state index in [1.165, 1.54) is 0 Å². The van der Waals surface area contributed by atoms with Gasteiger partial charge in [-0.15, -0.1) is 0 Å². The van der Waals surface area contributed by atoms with Crippen LogP contribution in [0.25, 0.3) is 5.69 Å². The quantitative estimate of drug-likeness (QED) is 0.792. The van der Waals surface area contributed by atoms with E-state index in [2.05, 4.69) is 21.0 Å². The number of nitrogens with zero attached hydrogens (tertiary/aromatic N) is 2. The van der Waals surface area contributed by atoms with Crippen molar-refractivity contribution in [3.63, 3.8) is 0 Å². The number of carbonyl (C=O) groups is 1. The number of rotatable bonds is 2. The van der Waals surface area contributed by atoms with Gasteiger partial charge in [0.25, 0.3) is 0 Å². The molecule has 1 aromatic heterocycles. The molecule has 2 rings (SSSR count). The molecule has 0 saturated heterocycles. The van der Waals surface area contributed by atoms with E-state index in [1.54, 1.807) is 11.6 Å². The average molecular weight is 314 g/mol. The molecular formula is C12H10BrClN2O. The molecule has 0 amide bonds. The van der Waals surface area contributed by atoms with Crippen molar-refractivity contribution < 1.29 is 4.79 Å². The zero-order valence-electron chi connectivity index (χ0n) is 9.37. The molecule has 1 heterocycles. The average Bonchev–Trinajstić information content (AvgIpc) is 2.58. The second-order valence-corrected chi connectivity index (χ2v) is 4.97. The maximum absolute atomic E-state index is 10.9. The van der Waals surface area contributed by atoms with E-state index in [9.17, 15) is 4.79 Å². The van der Waals surface area contributed by atoms with Crippen LogP contribution in [0.4, 0.5) is 0 Å². The molecule has 2 aromatic rings. The predicted molar refractivity (Wildman–Crippen MR) is 71.1 cm³/mol. The van der Waals surface area contributed by atoms with Gasteiger partial charge in [0, 0.05) is 4.47 Å². The molecule has 0 unspecified atom stereocenters. The Morgan fingerprint density at radius 3 is 2.65 bits per heavy atom. The number of aldehydes is 1. The summed E-state index contributed by atoms with van der Waals surface area (Å²) >= 11 is 9.55. The molecule has 0 fully saturated rings. The summed E-state index contributed by atoms with van der Waals surface area (Å²) in [7, 11) is 0. The Balaban J connectivity index is 2.60. The summed E-state index contributed by atoms with van der Waals surface area (Å²) in [4.78, 5) is 10.9. The highest BCUT2D eigenvalue weighted by atomic mass is 79.9. The van der Waals surface area contributed by atoms with Crippen LogP contribution in [0, 0.1) is 13.8 Å². The zero-order valence-corrected chi connectivity index (χ0v) is 11.7. The highest BCUT2D eigenvalue weighted by molar-refractivity contribution is 9.10. The van der Waals surface area contributed by atoms with Crippen LogP contribution in [0.3, 0.4) is 0 Å². The van der Waals surface area contributed by atoms with Crippen LogP contribution in [0.5, 0.6) is 0 Å². The number of benzene rings is 1. The Bertz CT molecular complexity index is 592. The third-order valence-corrected chi connectivity index (χ3v) is 3.81. The topological polar surface area (TPSA) is 34.9 Å². The molecule has 3 nitrogen and oxygen atoms in total. The Morgan fingerprint density at radius 2 is 2.12 bits per heavy atom. The summed E-state index contributed by atoms with van der Waals surface area (Å²) in [5, 5.41) is 4.61. The highest BCUT2D eigenvalue weighted by Gasteiger charge is 2.14. The summed E-state index contributed by atoms with van der Waals surface area (Å²) in [6.07, 6.45) is 0.729. The van der Waals surface area contributed by atoms with Crippen molar-refractivity contribution in [1.82, 2.24) is 9.78 Å². The minimum atomic E-state index is 0.347. The fourth-order valence-corrected chi connectivity index (χ4v) is 2.14. The lowest BCUT2D eigenvalue weighted by Crippen LogP contribution is -1.97. The van der Waals surface area contributed by atoms with Crippen LogP contribution in [0.1, 0.15) is 21.6 Å². The normalized spacial score (nSPS) is 10.6. The largest absolute Gasteiger partial charge is 0.298 e. The number of aryl methyl sites for hydroxylation is 2. The molecule has 0 aliphatic rings. The lowest BCUT2D eigenvalue weighted by atomic mass is 10.2. The van der Waals surface area contributed by atoms with Crippen molar-refractivity contribution in [2.75, 3.05) is 0 Å². The van der Waals surface area contributed by atoms with Gasteiger partial charge in [-0.05, 0) is 37.6 Å². The van der Waals surface area contributed by atoms with Gasteiger partial charge in [-0.1, -0.05) is 27.5 Å². The van der Waals surface area contributed by atoms with E-state index in [-0.39, 0.29) is 0 Å². The molecule has 1 aromatic carbocycles. The number of halogens is 2. The third kappa shape index (κ3) is 2.15. The Kier molecular flexibility index (Phi) is 3.35. The molecule has 0 radical (unpaired) electrons. The van der Waals surface area contributed by atoms with E-state index in [1.807, 2.05) is 25.1 Å². The first-order valence-corrected chi connectivity index (χ1v) is 6.18. The molecular weight excluding hydrogens is 304 g/mol. The van der Waals surface area contributed by atoms with E-state index < -0.39 is 0 Å². The number of hydrogen-bond donors (Lipinski definition) is 0. The zero-order chi connectivity index (χ0) is 12.6. The Hall–Kier alpha value is -1.13. The maximum Gasteiger partial charge on any atom is 0.155 e. The number of aromatic nitrogens is 2. The van der Waals surface area contributed by atoms with Crippen LogP contribution >= 0.6 is 27.5 Å². The molecule has 88 valence electrons. The summed E-state index contributed by atoms with van der Waals surface area (Å²) in [6, 6.07) is 5.78. The summed E-state index contributed by atoms with van der Waals surface area (Å²) in [5.41, 5.74) is 2.99. The van der Waals surface area contributed by atoms with Gasteiger partial charge in [0.05, 0.1) is 16.9 Å². The SMILES string of the molecule is Cc1cc(-n2nc(C)c(C=O)c2Cl)ccc1Br. The van der Waals surface area contributed by atoms with Gasteiger partial charge in [0.15, 0.2) is 6.29 Å². The standard InChI is InChI=1S/C12H10BrClN2O/c1-7-5-9(3-4-11(7)13)16-12(14)10(6-17)8(2)15-16/h3-6H,1-2H3. The molecule has 17 heavy (non-hydrogen) atoms. The van der Waals surface area contributed by atoms with E-state index in [0.29, 0.717) is 16.4 Å². The first-order chi connectivity index (χ1) is 8.04. The van der Waals surface area contributed by atoms with Crippen molar-refractivity contribution in [1.29, 1.82) is 0 Å². The first kappa shape index (κ1) is 12.3. The van der Waals surface area contributed by atoms with Crippen LogP contribution < -0.4 is 0 Å². The van der Waals surface area contributed by atoms with E-state index >= 15 is 0 Å². The van der Waals surface area contributed by atoms with Gasteiger partial charge >= 0.3 is 0 Å². The molecule has 0 aliphatic heterocycles. The van der Waals surface area contributed by atoms with Crippen molar-refractivity contribution in [3.05, 3.63) is 44.6 Å². The van der Waals surface area contributed by atoms with Gasteiger partial charge < -0.3 is 0 Å². The van der Waals surface area contributed by atoms with Crippen LogP contribution in [-0.4, -0.2) is 16.1 Å². The summed E-state index contributed by atoms with van der Waals surface area (Å²) < 4.78 is 2.59. The lowest BCUT2D eigenvalue weighted by molar-refractivity contribution is 0.112. The fraction of sp³-hybridized carbons (Fsp3) is 0.167. The monoisotopic (exact) mass is 312 g/mol. The van der Waals surface area contributed by atoms with Crippen molar-refractivity contribution >= 4 is 33.8 Å². The second-order valence-electron chi connectivity index (χ2n) is 3.75. The second kappa shape index (κ2) is 4.63. The van der Waals surface area contributed by atoms with Crippen molar-refractivity contribution in [2.24, 2.45) is 0 Å². The molecule has 0 saturated carbocycles. The van der Waals surface area contributed by atoms with Crippen LogP contribution in [-0.2, 0) is 0 Å². The minimum absolute atomic E-state index is 0.347. The fourth-order valence-electron chi connectivity index (χ4n) is 1.58. The maximum atomic E-state index is 10.9. The van der Waals surface area contributed by atoms with Crippen LogP contribution in [0.2, 0.25) is 5.15 Å². The Morgan fingerprint density at radius 1 is 1.41 bits per heavy atom. The van der Waals surface area contributed by atoms with Crippen molar-refractivity contribution in [2.45, 2.75) is 13.8 Å². The van der Waals surface area contributed by atoms with E-state index in [4.69, 9.17) is 11.6 Å². The molecule has 0 N–H and O–H groups in total. The van der Waals surface area contributed by atoms with Gasteiger partial charge in [-0.25, -0.2) is 4.68 Å². The van der Waals surface area contributed by atoms with Gasteiger partial charge in [-0.2, -0.15) is 5.10 Å². The number of carbonyl (C=O) groups excluding carboxylic acids is 1. The summed E-state index contributed by atoms with van der Waals surface area (Å²) in [5.74, 6) is 0. The van der Waals surface area contributed by atoms with Gasteiger partial charge in [-0.3, -0.25) is 4.79 Å². The Labute approximate surface area is 113 Å². The van der Waals surface area contributed by atoms with Gasteiger partial charge in [0.2, 0.25) is 0 Å². The lowest BCUT2D eigenvalue weighted by Gasteiger charge is -2.05. The van der Waals surface area contributed by atoms with Crippen molar-refractivity contribution in [3.8, 4) is 5.69 Å². The van der Waals surface area contributed by atoms with Gasteiger partial charge in [0.1, 0.15) is 5.15 Å². The molecule has 5 heteroatoms. The first-order valence-electron chi connectivity index (χ1n) is 5.01. The smallest absolute Gasteiger partial charge is 0.155 e. The molecule has 0 spiro atoms.